The molecule has 0 unspecified atom stereocenters. The zero-order valence-electron chi connectivity index (χ0n) is 10.0. The van der Waals surface area contributed by atoms with Crippen LogP contribution in [0.4, 0.5) is 0 Å². The number of aliphatic hydroxyl groups excluding tert-OH is 1. The Kier molecular flexibility index (Phi) is 25.6. The first-order chi connectivity index (χ1) is 5.63. The molecule has 0 aromatic carbocycles. The predicted molar refractivity (Wildman–Crippen MR) is 58.4 cm³/mol. The Balaban J connectivity index is -0.000000175. The summed E-state index contributed by atoms with van der Waals surface area (Å²) in [6.45, 7) is 14.2. The molecule has 1 heteroatoms. The highest BCUT2D eigenvalue weighted by molar-refractivity contribution is 4.49. The second-order valence-electron chi connectivity index (χ2n) is 2.82. The van der Waals surface area contributed by atoms with Gasteiger partial charge in [0, 0.05) is 0 Å². The van der Waals surface area contributed by atoms with E-state index in [1.165, 1.54) is 0 Å². The van der Waals surface area contributed by atoms with E-state index < -0.39 is 0 Å². The molecule has 12 heavy (non-hydrogen) atoms. The summed E-state index contributed by atoms with van der Waals surface area (Å²) in [5.41, 5.74) is 0. The Labute approximate surface area is 79.2 Å². The van der Waals surface area contributed by atoms with Crippen LogP contribution >= 0.6 is 0 Å². The fourth-order valence-electron chi connectivity index (χ4n) is 0.575. The summed E-state index contributed by atoms with van der Waals surface area (Å²) >= 11 is 0. The predicted octanol–water partition coefficient (Wildman–Crippen LogP) is 3.86. The maximum absolute atomic E-state index is 8.80. The molecule has 0 fully saturated rings. The third kappa shape index (κ3) is 32.5. The number of hydrogen-bond acceptors (Lipinski definition) is 1. The van der Waals surface area contributed by atoms with E-state index in [4.69, 9.17) is 5.11 Å². The molecule has 0 radical (unpaired) electrons. The van der Waals surface area contributed by atoms with Gasteiger partial charge in [0.25, 0.3) is 0 Å². The normalized spacial score (nSPS) is 10.8. The van der Waals surface area contributed by atoms with Gasteiger partial charge in [-0.05, 0) is 25.7 Å². The highest BCUT2D eigenvalue weighted by Crippen LogP contribution is 2.05. The van der Waals surface area contributed by atoms with Crippen molar-refractivity contribution in [3.05, 3.63) is 0 Å². The van der Waals surface area contributed by atoms with Crippen LogP contribution in [0.3, 0.4) is 0 Å². The molecule has 0 aliphatic carbocycles. The first kappa shape index (κ1) is 17.9. The molecule has 0 aromatic heterocycles. The molecule has 1 nitrogen and oxygen atoms in total. The Morgan fingerprint density at radius 2 is 1.17 bits per heavy atom. The van der Waals surface area contributed by atoms with E-state index in [1.54, 1.807) is 0 Å². The SMILES string of the molecule is CC.CC.CC(C)CC[C@@H](C)O. The lowest BCUT2D eigenvalue weighted by molar-refractivity contribution is 0.176. The van der Waals surface area contributed by atoms with Crippen LogP contribution in [0, 0.1) is 5.92 Å². The van der Waals surface area contributed by atoms with E-state index in [0.717, 1.165) is 18.8 Å². The lowest BCUT2D eigenvalue weighted by Crippen LogP contribution is -2.00. The van der Waals surface area contributed by atoms with E-state index >= 15 is 0 Å². The van der Waals surface area contributed by atoms with Crippen LogP contribution in [-0.2, 0) is 0 Å². The monoisotopic (exact) mass is 176 g/mol. The molecule has 0 amide bonds. The van der Waals surface area contributed by atoms with Crippen LogP contribution in [0.1, 0.15) is 61.3 Å². The number of aliphatic hydroxyl groups is 1. The Morgan fingerprint density at radius 3 is 1.25 bits per heavy atom. The van der Waals surface area contributed by atoms with Gasteiger partial charge in [0.2, 0.25) is 0 Å². The molecule has 0 saturated heterocycles. The van der Waals surface area contributed by atoms with Crippen LogP contribution < -0.4 is 0 Å². The summed E-state index contributed by atoms with van der Waals surface area (Å²) in [6.07, 6.45) is 1.97. The number of rotatable bonds is 3. The third-order valence-corrected chi connectivity index (χ3v) is 1.16. The Morgan fingerprint density at radius 1 is 0.833 bits per heavy atom. The Bertz CT molecular complexity index is 41.0. The second kappa shape index (κ2) is 17.2. The second-order valence-corrected chi connectivity index (χ2v) is 2.82. The van der Waals surface area contributed by atoms with E-state index in [9.17, 15) is 0 Å². The molecule has 0 rings (SSSR count). The van der Waals surface area contributed by atoms with E-state index in [-0.39, 0.29) is 6.10 Å². The molecule has 1 N–H and O–H groups in total. The maximum atomic E-state index is 8.80. The van der Waals surface area contributed by atoms with Gasteiger partial charge in [-0.1, -0.05) is 41.5 Å². The fourth-order valence-corrected chi connectivity index (χ4v) is 0.575. The molecule has 1 atom stereocenters. The van der Waals surface area contributed by atoms with Crippen LogP contribution in [-0.4, -0.2) is 11.2 Å². The van der Waals surface area contributed by atoms with Gasteiger partial charge in [-0.2, -0.15) is 0 Å². The van der Waals surface area contributed by atoms with Crippen molar-refractivity contribution in [2.45, 2.75) is 67.4 Å². The van der Waals surface area contributed by atoms with Crippen molar-refractivity contribution in [2.24, 2.45) is 5.92 Å². The topological polar surface area (TPSA) is 20.2 Å². The lowest BCUT2D eigenvalue weighted by atomic mass is 10.1. The molecule has 0 bridgehead atoms. The van der Waals surface area contributed by atoms with Gasteiger partial charge >= 0.3 is 0 Å². The zero-order valence-corrected chi connectivity index (χ0v) is 10.0. The van der Waals surface area contributed by atoms with Crippen molar-refractivity contribution in [1.82, 2.24) is 0 Å². The zero-order chi connectivity index (χ0) is 10.6. The minimum Gasteiger partial charge on any atom is -0.393 e. The van der Waals surface area contributed by atoms with Crippen molar-refractivity contribution in [3.8, 4) is 0 Å². The van der Waals surface area contributed by atoms with E-state index in [0.29, 0.717) is 0 Å². The summed E-state index contributed by atoms with van der Waals surface area (Å²) in [5.74, 6) is 0.726. The van der Waals surface area contributed by atoms with Crippen molar-refractivity contribution >= 4 is 0 Å². The summed E-state index contributed by atoms with van der Waals surface area (Å²) < 4.78 is 0. The van der Waals surface area contributed by atoms with Crippen LogP contribution in [0.2, 0.25) is 0 Å². The number of hydrogen-bond donors (Lipinski definition) is 1. The van der Waals surface area contributed by atoms with Crippen molar-refractivity contribution in [2.75, 3.05) is 0 Å². The van der Waals surface area contributed by atoms with Gasteiger partial charge in [-0.15, -0.1) is 0 Å². The first-order valence-electron chi connectivity index (χ1n) is 5.31. The standard InChI is InChI=1S/C7H16O.2C2H6/c1-6(2)4-5-7(3)8;2*1-2/h6-8H,4-5H2,1-3H3;2*1-2H3/t7-;;/m1../s1. The average molecular weight is 176 g/mol. The average Bonchev–Trinajstić information content (AvgIpc) is 2.08. The van der Waals surface area contributed by atoms with Crippen molar-refractivity contribution in [3.63, 3.8) is 0 Å². The molecule has 0 spiro atoms. The van der Waals surface area contributed by atoms with Gasteiger partial charge < -0.3 is 5.11 Å². The molecule has 0 saturated carbocycles. The lowest BCUT2D eigenvalue weighted by Gasteiger charge is -2.04. The Hall–Kier alpha value is -0.0400. The van der Waals surface area contributed by atoms with E-state index in [1.807, 2.05) is 34.6 Å². The molecule has 78 valence electrons. The molecule has 0 heterocycles. The first-order valence-corrected chi connectivity index (χ1v) is 5.31. The van der Waals surface area contributed by atoms with Gasteiger partial charge in [0.1, 0.15) is 0 Å². The van der Waals surface area contributed by atoms with Crippen LogP contribution in [0.25, 0.3) is 0 Å². The minimum absolute atomic E-state index is 0.114. The summed E-state index contributed by atoms with van der Waals surface area (Å²) in [5, 5.41) is 8.80. The molecular formula is C11H28O. The quantitative estimate of drug-likeness (QED) is 0.692. The molecule has 0 aromatic rings. The maximum Gasteiger partial charge on any atom is 0.0512 e. The third-order valence-electron chi connectivity index (χ3n) is 1.16. The summed E-state index contributed by atoms with van der Waals surface area (Å²) in [4.78, 5) is 0. The fraction of sp³-hybridized carbons (Fsp3) is 1.00. The van der Waals surface area contributed by atoms with Gasteiger partial charge in [-0.3, -0.25) is 0 Å². The highest BCUT2D eigenvalue weighted by atomic mass is 16.3. The van der Waals surface area contributed by atoms with Crippen molar-refractivity contribution in [1.29, 1.82) is 0 Å². The minimum atomic E-state index is -0.114. The van der Waals surface area contributed by atoms with Gasteiger partial charge in [-0.25, -0.2) is 0 Å². The van der Waals surface area contributed by atoms with Crippen LogP contribution in [0.15, 0.2) is 0 Å². The largest absolute Gasteiger partial charge is 0.393 e. The molecular weight excluding hydrogens is 148 g/mol. The molecule has 0 aliphatic heterocycles. The summed E-state index contributed by atoms with van der Waals surface area (Å²) in [6, 6.07) is 0. The summed E-state index contributed by atoms with van der Waals surface area (Å²) in [7, 11) is 0. The van der Waals surface area contributed by atoms with Crippen LogP contribution in [0.5, 0.6) is 0 Å². The van der Waals surface area contributed by atoms with Gasteiger partial charge in [0.15, 0.2) is 0 Å². The highest BCUT2D eigenvalue weighted by Gasteiger charge is 1.96. The van der Waals surface area contributed by atoms with Crippen molar-refractivity contribution < 1.29 is 5.11 Å². The smallest absolute Gasteiger partial charge is 0.0512 e. The van der Waals surface area contributed by atoms with E-state index in [2.05, 4.69) is 13.8 Å². The molecule has 0 aliphatic rings. The van der Waals surface area contributed by atoms with Gasteiger partial charge in [0.05, 0.1) is 6.10 Å².